The summed E-state index contributed by atoms with van der Waals surface area (Å²) >= 11 is 0. The van der Waals surface area contributed by atoms with Crippen molar-refractivity contribution in [3.05, 3.63) is 0 Å². The number of hydrogen-bond acceptors (Lipinski definition) is 4. The molecule has 5 heteroatoms. The van der Waals surface area contributed by atoms with Gasteiger partial charge in [0.05, 0.1) is 12.2 Å². The van der Waals surface area contributed by atoms with Gasteiger partial charge >= 0.3 is 0 Å². The van der Waals surface area contributed by atoms with Crippen LogP contribution >= 0.6 is 0 Å². The summed E-state index contributed by atoms with van der Waals surface area (Å²) in [6.45, 7) is 9.99. The summed E-state index contributed by atoms with van der Waals surface area (Å²) in [6.07, 6.45) is 0. The first kappa shape index (κ1) is 14.4. The predicted octanol–water partition coefficient (Wildman–Crippen LogP) is -0.0620. The van der Waals surface area contributed by atoms with Crippen molar-refractivity contribution >= 4 is 5.91 Å². The lowest BCUT2D eigenvalue weighted by Crippen LogP contribution is -2.50. The Bertz CT molecular complexity index is 243. The number of rotatable bonds is 4. The Morgan fingerprint density at radius 2 is 1.82 bits per heavy atom. The third-order valence-electron chi connectivity index (χ3n) is 2.77. The molecule has 0 bridgehead atoms. The van der Waals surface area contributed by atoms with Gasteiger partial charge in [0.1, 0.15) is 6.61 Å². The lowest BCUT2D eigenvalue weighted by molar-refractivity contribution is -0.142. The van der Waals surface area contributed by atoms with Crippen molar-refractivity contribution in [3.63, 3.8) is 0 Å². The number of piperazine rings is 1. The maximum Gasteiger partial charge on any atom is 0.248 e. The van der Waals surface area contributed by atoms with Crippen LogP contribution < -0.4 is 0 Å². The fraction of sp³-hybridized carbons (Fsp3) is 0.917. The second-order valence-electron chi connectivity index (χ2n) is 5.35. The molecule has 1 aliphatic rings. The molecule has 0 saturated carbocycles. The molecule has 1 saturated heterocycles. The maximum atomic E-state index is 11.8. The van der Waals surface area contributed by atoms with Crippen molar-refractivity contribution in [1.29, 1.82) is 0 Å². The van der Waals surface area contributed by atoms with Gasteiger partial charge in [-0.25, -0.2) is 0 Å². The average molecular weight is 244 g/mol. The van der Waals surface area contributed by atoms with Gasteiger partial charge < -0.3 is 14.7 Å². The highest BCUT2D eigenvalue weighted by molar-refractivity contribution is 5.77. The zero-order valence-electron chi connectivity index (χ0n) is 11.1. The molecule has 0 aromatic heterocycles. The number of hydrogen-bond donors (Lipinski definition) is 1. The van der Waals surface area contributed by atoms with Gasteiger partial charge in [0.15, 0.2) is 0 Å². The number of ether oxygens (including phenoxy) is 1. The SMILES string of the molecule is CC(C)(C)OCC(=O)N1CCN(CCO)CC1. The number of aliphatic hydroxyl groups is 1. The Morgan fingerprint density at radius 1 is 1.24 bits per heavy atom. The van der Waals surface area contributed by atoms with E-state index in [1.807, 2.05) is 25.7 Å². The fourth-order valence-electron chi connectivity index (χ4n) is 1.73. The molecule has 1 N–H and O–H groups in total. The lowest BCUT2D eigenvalue weighted by atomic mass is 10.2. The Kier molecular flexibility index (Phi) is 5.36. The minimum Gasteiger partial charge on any atom is -0.395 e. The smallest absolute Gasteiger partial charge is 0.248 e. The van der Waals surface area contributed by atoms with Crippen LogP contribution in [0.25, 0.3) is 0 Å². The van der Waals surface area contributed by atoms with Gasteiger partial charge in [-0.3, -0.25) is 9.69 Å². The third kappa shape index (κ3) is 5.48. The zero-order valence-corrected chi connectivity index (χ0v) is 11.1. The topological polar surface area (TPSA) is 53.0 Å². The highest BCUT2D eigenvalue weighted by atomic mass is 16.5. The summed E-state index contributed by atoms with van der Waals surface area (Å²) in [4.78, 5) is 15.8. The molecular weight excluding hydrogens is 220 g/mol. The van der Waals surface area contributed by atoms with Crippen LogP contribution in [0.5, 0.6) is 0 Å². The minimum absolute atomic E-state index is 0.0589. The summed E-state index contributed by atoms with van der Waals surface area (Å²) in [5.41, 5.74) is -0.269. The molecule has 0 aliphatic carbocycles. The number of aliphatic hydroxyl groups excluding tert-OH is 1. The largest absolute Gasteiger partial charge is 0.395 e. The average Bonchev–Trinajstić information content (AvgIpc) is 2.26. The molecule has 0 aromatic rings. The Hall–Kier alpha value is -0.650. The van der Waals surface area contributed by atoms with E-state index >= 15 is 0 Å². The van der Waals surface area contributed by atoms with Crippen LogP contribution in [-0.4, -0.2) is 72.4 Å². The van der Waals surface area contributed by atoms with Gasteiger partial charge in [0.2, 0.25) is 5.91 Å². The standard InChI is InChI=1S/C12H24N2O3/c1-12(2,3)17-10-11(16)14-6-4-13(5-7-14)8-9-15/h15H,4-10H2,1-3H3. The third-order valence-corrected chi connectivity index (χ3v) is 2.77. The molecule has 1 rings (SSSR count). The van der Waals surface area contributed by atoms with Crippen molar-refractivity contribution in [1.82, 2.24) is 9.80 Å². The summed E-state index contributed by atoms with van der Waals surface area (Å²) in [6, 6.07) is 0. The van der Waals surface area contributed by atoms with E-state index in [0.29, 0.717) is 6.54 Å². The van der Waals surface area contributed by atoms with E-state index in [9.17, 15) is 4.79 Å². The van der Waals surface area contributed by atoms with E-state index in [1.54, 1.807) is 0 Å². The van der Waals surface area contributed by atoms with Gasteiger partial charge in [-0.1, -0.05) is 0 Å². The highest BCUT2D eigenvalue weighted by Gasteiger charge is 2.22. The van der Waals surface area contributed by atoms with Crippen LogP contribution in [0.2, 0.25) is 0 Å². The molecule has 0 radical (unpaired) electrons. The van der Waals surface area contributed by atoms with Gasteiger partial charge in [-0.2, -0.15) is 0 Å². The van der Waals surface area contributed by atoms with Gasteiger partial charge in [-0.15, -0.1) is 0 Å². The highest BCUT2D eigenvalue weighted by Crippen LogP contribution is 2.08. The maximum absolute atomic E-state index is 11.8. The molecular formula is C12H24N2O3. The molecule has 0 spiro atoms. The summed E-state index contributed by atoms with van der Waals surface area (Å²) in [5.74, 6) is 0.0589. The Balaban J connectivity index is 2.26. The second kappa shape index (κ2) is 6.33. The molecule has 17 heavy (non-hydrogen) atoms. The van der Waals surface area contributed by atoms with Crippen molar-refractivity contribution in [2.45, 2.75) is 26.4 Å². The van der Waals surface area contributed by atoms with Crippen molar-refractivity contribution < 1.29 is 14.6 Å². The number of carbonyl (C=O) groups is 1. The van der Waals surface area contributed by atoms with E-state index in [4.69, 9.17) is 9.84 Å². The van der Waals surface area contributed by atoms with Crippen LogP contribution in [-0.2, 0) is 9.53 Å². The van der Waals surface area contributed by atoms with E-state index in [0.717, 1.165) is 26.2 Å². The molecule has 5 nitrogen and oxygen atoms in total. The van der Waals surface area contributed by atoms with Gasteiger partial charge in [0.25, 0.3) is 0 Å². The van der Waals surface area contributed by atoms with E-state index in [-0.39, 0.29) is 24.7 Å². The van der Waals surface area contributed by atoms with Crippen molar-refractivity contribution in [2.75, 3.05) is 45.9 Å². The Morgan fingerprint density at radius 3 is 2.29 bits per heavy atom. The van der Waals surface area contributed by atoms with E-state index in [2.05, 4.69) is 4.90 Å². The molecule has 1 aliphatic heterocycles. The quantitative estimate of drug-likeness (QED) is 0.752. The lowest BCUT2D eigenvalue weighted by Gasteiger charge is -2.34. The monoisotopic (exact) mass is 244 g/mol. The Labute approximate surface area is 103 Å². The van der Waals surface area contributed by atoms with Crippen LogP contribution in [0.1, 0.15) is 20.8 Å². The molecule has 0 aromatic carbocycles. The van der Waals surface area contributed by atoms with Crippen LogP contribution in [0.4, 0.5) is 0 Å². The van der Waals surface area contributed by atoms with Crippen LogP contribution in [0.15, 0.2) is 0 Å². The molecule has 1 fully saturated rings. The number of amides is 1. The predicted molar refractivity (Wildman–Crippen MR) is 65.8 cm³/mol. The van der Waals surface area contributed by atoms with Gasteiger partial charge in [-0.05, 0) is 20.8 Å². The summed E-state index contributed by atoms with van der Waals surface area (Å²) in [7, 11) is 0. The van der Waals surface area contributed by atoms with Crippen molar-refractivity contribution in [2.24, 2.45) is 0 Å². The first-order valence-electron chi connectivity index (χ1n) is 6.17. The zero-order chi connectivity index (χ0) is 12.9. The molecule has 0 atom stereocenters. The molecule has 100 valence electrons. The van der Waals surface area contributed by atoms with Crippen molar-refractivity contribution in [3.8, 4) is 0 Å². The second-order valence-corrected chi connectivity index (χ2v) is 5.35. The minimum atomic E-state index is -0.269. The summed E-state index contributed by atoms with van der Waals surface area (Å²) in [5, 5.41) is 8.83. The van der Waals surface area contributed by atoms with Gasteiger partial charge in [0, 0.05) is 32.7 Å². The first-order valence-corrected chi connectivity index (χ1v) is 6.17. The van der Waals surface area contributed by atoms with E-state index in [1.165, 1.54) is 0 Å². The fourth-order valence-corrected chi connectivity index (χ4v) is 1.73. The van der Waals surface area contributed by atoms with Crippen LogP contribution in [0, 0.1) is 0 Å². The summed E-state index contributed by atoms with van der Waals surface area (Å²) < 4.78 is 5.47. The van der Waals surface area contributed by atoms with Crippen LogP contribution in [0.3, 0.4) is 0 Å². The van der Waals surface area contributed by atoms with E-state index < -0.39 is 0 Å². The number of nitrogens with zero attached hydrogens (tertiary/aromatic N) is 2. The molecule has 1 heterocycles. The molecule has 1 amide bonds. The number of carbonyl (C=O) groups excluding carboxylic acids is 1. The molecule has 0 unspecified atom stereocenters. The first-order chi connectivity index (χ1) is 7.92. The normalized spacial score (nSPS) is 18.5. The number of β-amino-alcohol motifs (C(OH)–C–C–N with tert-alkyl or cyclic N) is 1.